The maximum Gasteiger partial charge on any atom is 0.309 e. The van der Waals surface area contributed by atoms with E-state index in [4.69, 9.17) is 9.15 Å². The van der Waals surface area contributed by atoms with Crippen molar-refractivity contribution < 1.29 is 13.9 Å². The first-order valence-corrected chi connectivity index (χ1v) is 8.15. The van der Waals surface area contributed by atoms with Crippen LogP contribution in [-0.2, 0) is 16.1 Å². The molecule has 2 heterocycles. The second-order valence-electron chi connectivity index (χ2n) is 5.81. The summed E-state index contributed by atoms with van der Waals surface area (Å²) < 4.78 is 10.7. The molecule has 5 heteroatoms. The van der Waals surface area contributed by atoms with Gasteiger partial charge in [-0.25, -0.2) is 4.98 Å². The summed E-state index contributed by atoms with van der Waals surface area (Å²) in [6.07, 6.45) is 3.42. The molecule has 23 heavy (non-hydrogen) atoms. The largest absolute Gasteiger partial charge is 0.466 e. The fraction of sp³-hybridized carbons (Fsp3) is 0.444. The number of hydrogen-bond acceptors (Lipinski definition) is 5. The molecule has 1 saturated heterocycles. The highest BCUT2D eigenvalue weighted by atomic mass is 16.5. The number of aromatic nitrogens is 1. The lowest BCUT2D eigenvalue weighted by atomic mass is 9.97. The van der Waals surface area contributed by atoms with E-state index in [1.54, 1.807) is 6.26 Å². The molecule has 1 aliphatic heterocycles. The molecule has 0 saturated carbocycles. The van der Waals surface area contributed by atoms with Crippen molar-refractivity contribution >= 4 is 5.97 Å². The van der Waals surface area contributed by atoms with Crippen LogP contribution >= 0.6 is 0 Å². The molecular weight excluding hydrogens is 292 g/mol. The van der Waals surface area contributed by atoms with E-state index in [2.05, 4.69) is 9.88 Å². The summed E-state index contributed by atoms with van der Waals surface area (Å²) in [6, 6.07) is 9.89. The predicted octanol–water partition coefficient (Wildman–Crippen LogP) is 3.12. The number of nitrogens with zero attached hydrogens (tertiary/aromatic N) is 2. The van der Waals surface area contributed by atoms with Gasteiger partial charge >= 0.3 is 5.97 Å². The minimum Gasteiger partial charge on any atom is -0.466 e. The van der Waals surface area contributed by atoms with Gasteiger partial charge in [-0.15, -0.1) is 0 Å². The number of piperidine rings is 1. The molecule has 122 valence electrons. The van der Waals surface area contributed by atoms with E-state index in [0.717, 1.165) is 43.7 Å². The van der Waals surface area contributed by atoms with Crippen LogP contribution in [0, 0.1) is 5.92 Å². The Balaban J connectivity index is 1.53. The number of ether oxygens (including phenoxy) is 1. The molecule has 1 aliphatic rings. The van der Waals surface area contributed by atoms with Crippen molar-refractivity contribution in [3.8, 4) is 11.5 Å². The molecule has 0 spiro atoms. The Bertz CT molecular complexity index is 631. The zero-order chi connectivity index (χ0) is 16.1. The molecule has 0 bridgehead atoms. The van der Waals surface area contributed by atoms with Gasteiger partial charge in [0, 0.05) is 12.1 Å². The molecule has 2 aromatic rings. The normalized spacial score (nSPS) is 16.4. The van der Waals surface area contributed by atoms with E-state index in [0.29, 0.717) is 12.5 Å². The van der Waals surface area contributed by atoms with Gasteiger partial charge in [0.25, 0.3) is 0 Å². The first-order valence-electron chi connectivity index (χ1n) is 8.15. The first-order chi connectivity index (χ1) is 11.3. The number of likely N-dealkylation sites (tertiary alicyclic amines) is 1. The molecule has 1 fully saturated rings. The van der Waals surface area contributed by atoms with Gasteiger partial charge in [-0.1, -0.05) is 18.2 Å². The van der Waals surface area contributed by atoms with Crippen molar-refractivity contribution in [3.05, 3.63) is 42.3 Å². The Morgan fingerprint density at radius 3 is 2.74 bits per heavy atom. The summed E-state index contributed by atoms with van der Waals surface area (Å²) in [7, 11) is 0. The van der Waals surface area contributed by atoms with Crippen LogP contribution in [0.4, 0.5) is 0 Å². The van der Waals surface area contributed by atoms with Crippen LogP contribution in [0.2, 0.25) is 0 Å². The van der Waals surface area contributed by atoms with Crippen LogP contribution < -0.4 is 0 Å². The number of esters is 1. The zero-order valence-electron chi connectivity index (χ0n) is 13.4. The second kappa shape index (κ2) is 7.42. The van der Waals surface area contributed by atoms with Crippen molar-refractivity contribution in [3.63, 3.8) is 0 Å². The Morgan fingerprint density at radius 1 is 1.30 bits per heavy atom. The molecular formula is C18H22N2O3. The van der Waals surface area contributed by atoms with Gasteiger partial charge in [-0.2, -0.15) is 0 Å². The average Bonchev–Trinajstić information content (AvgIpc) is 3.05. The lowest BCUT2D eigenvalue weighted by molar-refractivity contribution is -0.149. The summed E-state index contributed by atoms with van der Waals surface area (Å²) in [5.74, 6) is 0.644. The molecule has 0 N–H and O–H groups in total. The van der Waals surface area contributed by atoms with Crippen LogP contribution in [0.1, 0.15) is 25.5 Å². The molecule has 3 rings (SSSR count). The monoisotopic (exact) mass is 314 g/mol. The molecule has 5 nitrogen and oxygen atoms in total. The first kappa shape index (κ1) is 15.7. The molecule has 0 unspecified atom stereocenters. The highest BCUT2D eigenvalue weighted by molar-refractivity contribution is 5.72. The quantitative estimate of drug-likeness (QED) is 0.794. The van der Waals surface area contributed by atoms with Crippen molar-refractivity contribution in [1.82, 2.24) is 9.88 Å². The minimum atomic E-state index is -0.0556. The number of rotatable bonds is 5. The Labute approximate surface area is 136 Å². The number of benzene rings is 1. The summed E-state index contributed by atoms with van der Waals surface area (Å²) in [6.45, 7) is 4.84. The van der Waals surface area contributed by atoms with Crippen LogP contribution in [-0.4, -0.2) is 35.5 Å². The van der Waals surface area contributed by atoms with E-state index in [1.165, 1.54) is 0 Å². The number of hydrogen-bond donors (Lipinski definition) is 0. The van der Waals surface area contributed by atoms with Crippen molar-refractivity contribution in [1.29, 1.82) is 0 Å². The maximum atomic E-state index is 11.8. The summed E-state index contributed by atoms with van der Waals surface area (Å²) in [5, 5.41) is 0. The average molecular weight is 314 g/mol. The highest BCUT2D eigenvalue weighted by Gasteiger charge is 2.26. The standard InChI is InChI=1S/C18H22N2O3/c1-2-22-18(21)15-8-10-20(11-9-15)12-16-13-23-17(19-16)14-6-4-3-5-7-14/h3-7,13,15H,2,8-12H2,1H3. The van der Waals surface area contributed by atoms with Crippen molar-refractivity contribution in [2.45, 2.75) is 26.3 Å². The Morgan fingerprint density at radius 2 is 2.04 bits per heavy atom. The lowest BCUT2D eigenvalue weighted by Gasteiger charge is -2.30. The lowest BCUT2D eigenvalue weighted by Crippen LogP contribution is -2.36. The highest BCUT2D eigenvalue weighted by Crippen LogP contribution is 2.22. The number of carbonyl (C=O) groups is 1. The number of carbonyl (C=O) groups excluding carboxylic acids is 1. The molecule has 0 atom stereocenters. The zero-order valence-corrected chi connectivity index (χ0v) is 13.4. The van der Waals surface area contributed by atoms with Gasteiger partial charge in [0.15, 0.2) is 0 Å². The molecule has 1 aromatic carbocycles. The fourth-order valence-corrected chi connectivity index (χ4v) is 2.91. The van der Waals surface area contributed by atoms with Crippen LogP contribution in [0.5, 0.6) is 0 Å². The summed E-state index contributed by atoms with van der Waals surface area (Å²) in [5.41, 5.74) is 1.92. The van der Waals surface area contributed by atoms with Crippen LogP contribution in [0.25, 0.3) is 11.5 Å². The van der Waals surface area contributed by atoms with Gasteiger partial charge in [0.2, 0.25) is 5.89 Å². The van der Waals surface area contributed by atoms with Gasteiger partial charge in [0.05, 0.1) is 18.2 Å². The molecule has 0 aliphatic carbocycles. The summed E-state index contributed by atoms with van der Waals surface area (Å²) in [4.78, 5) is 18.6. The predicted molar refractivity (Wildman–Crippen MR) is 86.6 cm³/mol. The third-order valence-corrected chi connectivity index (χ3v) is 4.17. The van der Waals surface area contributed by atoms with Gasteiger partial charge in [0.1, 0.15) is 6.26 Å². The third kappa shape index (κ3) is 3.99. The van der Waals surface area contributed by atoms with Gasteiger partial charge in [-0.05, 0) is 45.0 Å². The van der Waals surface area contributed by atoms with Crippen molar-refractivity contribution in [2.24, 2.45) is 5.92 Å². The maximum absolute atomic E-state index is 11.8. The Hall–Kier alpha value is -2.14. The molecule has 1 aromatic heterocycles. The van der Waals surface area contributed by atoms with Crippen molar-refractivity contribution in [2.75, 3.05) is 19.7 Å². The van der Waals surface area contributed by atoms with E-state index in [9.17, 15) is 4.79 Å². The SMILES string of the molecule is CCOC(=O)C1CCN(Cc2coc(-c3ccccc3)n2)CC1. The molecule has 0 radical (unpaired) electrons. The topological polar surface area (TPSA) is 55.6 Å². The van der Waals surface area contributed by atoms with Crippen LogP contribution in [0.3, 0.4) is 0 Å². The third-order valence-electron chi connectivity index (χ3n) is 4.17. The Kier molecular flexibility index (Phi) is 5.08. The van der Waals surface area contributed by atoms with E-state index < -0.39 is 0 Å². The second-order valence-corrected chi connectivity index (χ2v) is 5.81. The molecule has 0 amide bonds. The number of oxazole rings is 1. The van der Waals surface area contributed by atoms with E-state index in [-0.39, 0.29) is 11.9 Å². The van der Waals surface area contributed by atoms with Gasteiger partial charge in [-0.3, -0.25) is 9.69 Å². The summed E-state index contributed by atoms with van der Waals surface area (Å²) >= 11 is 0. The van der Waals surface area contributed by atoms with E-state index >= 15 is 0 Å². The minimum absolute atomic E-state index is 0.0448. The van der Waals surface area contributed by atoms with Crippen LogP contribution in [0.15, 0.2) is 41.0 Å². The fourth-order valence-electron chi connectivity index (χ4n) is 2.91. The van der Waals surface area contributed by atoms with Gasteiger partial charge < -0.3 is 9.15 Å². The van der Waals surface area contributed by atoms with E-state index in [1.807, 2.05) is 37.3 Å². The smallest absolute Gasteiger partial charge is 0.309 e.